The zero-order valence-electron chi connectivity index (χ0n) is 22.6. The third kappa shape index (κ3) is 4.08. The number of nitrogens with zero attached hydrogens (tertiary/aromatic N) is 2. The van der Waals surface area contributed by atoms with Crippen LogP contribution in [0.3, 0.4) is 0 Å². The minimum Gasteiger partial charge on any atom is -0.453 e. The van der Waals surface area contributed by atoms with Gasteiger partial charge in [-0.05, 0) is 103 Å². The molecule has 2 aliphatic heterocycles. The number of rotatable bonds is 4. The minimum absolute atomic E-state index is 0.209. The smallest absolute Gasteiger partial charge is 0.206 e. The van der Waals surface area contributed by atoms with Gasteiger partial charge in [0.15, 0.2) is 17.2 Å². The third-order valence-electron chi connectivity index (χ3n) is 7.54. The second-order valence-corrected chi connectivity index (χ2v) is 12.0. The fourth-order valence-corrected chi connectivity index (χ4v) is 6.80. The molecule has 0 bridgehead atoms. The maximum absolute atomic E-state index is 13.7. The summed E-state index contributed by atoms with van der Waals surface area (Å²) in [5, 5.41) is 0. The van der Waals surface area contributed by atoms with Crippen molar-refractivity contribution in [2.24, 2.45) is 0 Å². The number of benzene rings is 5. The lowest BCUT2D eigenvalue weighted by atomic mass is 10.1. The van der Waals surface area contributed by atoms with Crippen LogP contribution in [0.1, 0.15) is 0 Å². The highest BCUT2D eigenvalue weighted by atomic mass is 32.2. The van der Waals surface area contributed by atoms with Crippen LogP contribution in [0, 0.1) is 12.1 Å². The quantitative estimate of drug-likeness (QED) is 0.207. The summed E-state index contributed by atoms with van der Waals surface area (Å²) in [4.78, 5) is 4.53. The monoisotopic (exact) mass is 578 g/mol. The molecule has 0 N–H and O–H groups in total. The van der Waals surface area contributed by atoms with Crippen LogP contribution in [-0.2, 0) is 9.84 Å². The Bertz CT molecular complexity index is 1870. The lowest BCUT2D eigenvalue weighted by Gasteiger charge is -2.32. The van der Waals surface area contributed by atoms with Crippen molar-refractivity contribution in [1.82, 2.24) is 0 Å². The van der Waals surface area contributed by atoms with Crippen LogP contribution < -0.4 is 19.3 Å². The highest BCUT2D eigenvalue weighted by Crippen LogP contribution is 2.51. The van der Waals surface area contributed by atoms with Crippen LogP contribution in [0.15, 0.2) is 143 Å². The molecule has 0 unspecified atom stereocenters. The van der Waals surface area contributed by atoms with Crippen molar-refractivity contribution in [3.63, 3.8) is 0 Å². The van der Waals surface area contributed by atoms with Gasteiger partial charge in [-0.2, -0.15) is 0 Å². The first kappa shape index (κ1) is 25.0. The van der Waals surface area contributed by atoms with Crippen molar-refractivity contribution in [3.8, 4) is 23.0 Å². The summed E-state index contributed by atoms with van der Waals surface area (Å²) in [6.45, 7) is 0. The Kier molecular flexibility index (Phi) is 5.64. The molecular formula is C36H22N2O4S. The van der Waals surface area contributed by atoms with Gasteiger partial charge in [0, 0.05) is 11.4 Å². The fourth-order valence-electron chi connectivity index (χ4n) is 5.54. The molecule has 0 fully saturated rings. The largest absolute Gasteiger partial charge is 0.453 e. The summed E-state index contributed by atoms with van der Waals surface area (Å²) in [5.74, 6) is 2.72. The van der Waals surface area contributed by atoms with E-state index in [0.29, 0.717) is 11.5 Å². The zero-order valence-corrected chi connectivity index (χ0v) is 23.5. The molecular weight excluding hydrogens is 556 g/mol. The maximum Gasteiger partial charge on any atom is 0.206 e. The van der Waals surface area contributed by atoms with E-state index in [4.69, 9.17) is 9.47 Å². The molecule has 2 aliphatic rings. The number of sulfone groups is 1. The zero-order chi connectivity index (χ0) is 29.0. The van der Waals surface area contributed by atoms with E-state index in [-0.39, 0.29) is 9.79 Å². The van der Waals surface area contributed by atoms with Crippen molar-refractivity contribution >= 4 is 44.0 Å². The summed E-state index contributed by atoms with van der Waals surface area (Å²) in [5.41, 5.74) is 5.05. The summed E-state index contributed by atoms with van der Waals surface area (Å²) >= 11 is 0. The van der Waals surface area contributed by atoms with E-state index in [2.05, 4.69) is 17.0 Å². The van der Waals surface area contributed by atoms with Gasteiger partial charge in [0.25, 0.3) is 0 Å². The van der Waals surface area contributed by atoms with Crippen molar-refractivity contribution in [3.05, 3.63) is 146 Å². The predicted octanol–water partition coefficient (Wildman–Crippen LogP) is 9.27. The standard InChI is InChI=1S/C36H22N2O4S/c39-43(40,27-21-17-25(18-22-27)37-29-9-1-5-13-33(29)41-34-14-6-2-10-30(34)37)28-23-19-26(20-24-28)38-31-11-3-7-15-35(31)42-36-16-8-4-12-32(36)38/h1-7,9-15,17-24H. The molecule has 206 valence electrons. The van der Waals surface area contributed by atoms with E-state index in [1.165, 1.54) is 0 Å². The molecule has 43 heavy (non-hydrogen) atoms. The van der Waals surface area contributed by atoms with Gasteiger partial charge in [-0.15, -0.1) is 0 Å². The summed E-state index contributed by atoms with van der Waals surface area (Å²) < 4.78 is 39.6. The number of hydrogen-bond acceptors (Lipinski definition) is 6. The van der Waals surface area contributed by atoms with Gasteiger partial charge in [0.2, 0.25) is 15.6 Å². The SMILES string of the molecule is O=S(=O)(c1ccc(N2c3ccc#cc3Oc3ccccc32)cc1)c1ccc(N2c3ccccc3Oc3ccccc32)cc1. The van der Waals surface area contributed by atoms with Gasteiger partial charge in [-0.25, -0.2) is 8.42 Å². The second kappa shape index (κ2) is 9.69. The van der Waals surface area contributed by atoms with Crippen molar-refractivity contribution in [2.45, 2.75) is 9.79 Å². The Morgan fingerprint density at radius 2 is 0.930 bits per heavy atom. The molecule has 6 aromatic carbocycles. The maximum atomic E-state index is 13.7. The van der Waals surface area contributed by atoms with E-state index in [9.17, 15) is 8.42 Å². The number of fused-ring (bicyclic) bond motifs is 4. The summed E-state index contributed by atoms with van der Waals surface area (Å²) in [7, 11) is -3.77. The van der Waals surface area contributed by atoms with E-state index >= 15 is 0 Å². The molecule has 0 aliphatic carbocycles. The molecule has 0 amide bonds. The molecule has 0 saturated heterocycles. The Hall–Kier alpha value is -5.71. The molecule has 7 heteroatoms. The number of para-hydroxylation sites is 6. The molecule has 0 radical (unpaired) electrons. The Morgan fingerprint density at radius 3 is 1.44 bits per heavy atom. The van der Waals surface area contributed by atoms with Gasteiger partial charge < -0.3 is 19.3 Å². The molecule has 6 aromatic rings. The van der Waals surface area contributed by atoms with Crippen LogP contribution in [0.2, 0.25) is 0 Å². The fraction of sp³-hybridized carbons (Fsp3) is 0. The van der Waals surface area contributed by atoms with Crippen LogP contribution in [-0.4, -0.2) is 8.42 Å². The predicted molar refractivity (Wildman–Crippen MR) is 166 cm³/mol. The van der Waals surface area contributed by atoms with Gasteiger partial charge in [0.05, 0.1) is 32.5 Å². The molecule has 0 saturated carbocycles. The molecule has 6 nitrogen and oxygen atoms in total. The average Bonchev–Trinajstić information content (AvgIpc) is 3.06. The number of hydrogen-bond donors (Lipinski definition) is 0. The Labute approximate surface area is 249 Å². The first-order valence-corrected chi connectivity index (χ1v) is 15.2. The van der Waals surface area contributed by atoms with Gasteiger partial charge >= 0.3 is 0 Å². The molecule has 0 atom stereocenters. The third-order valence-corrected chi connectivity index (χ3v) is 9.33. The number of anilines is 6. The minimum atomic E-state index is -3.77. The van der Waals surface area contributed by atoms with Crippen LogP contribution in [0.5, 0.6) is 23.0 Å². The highest BCUT2D eigenvalue weighted by Gasteiger charge is 2.28. The Morgan fingerprint density at radius 1 is 0.488 bits per heavy atom. The van der Waals surface area contributed by atoms with E-state index < -0.39 is 9.84 Å². The topological polar surface area (TPSA) is 59.1 Å². The molecule has 0 spiro atoms. The first-order chi connectivity index (χ1) is 21.1. The second-order valence-electron chi connectivity index (χ2n) is 10.1. The lowest BCUT2D eigenvalue weighted by Crippen LogP contribution is -2.16. The highest BCUT2D eigenvalue weighted by molar-refractivity contribution is 7.91. The molecule has 2 heterocycles. The summed E-state index contributed by atoms with van der Waals surface area (Å²) in [6.07, 6.45) is 0. The van der Waals surface area contributed by atoms with Gasteiger partial charge in [-0.1, -0.05) is 42.5 Å². The molecule has 0 aromatic heterocycles. The molecule has 8 rings (SSSR count). The first-order valence-electron chi connectivity index (χ1n) is 13.7. The normalized spacial score (nSPS) is 12.9. The van der Waals surface area contributed by atoms with E-state index in [1.807, 2.05) is 108 Å². The van der Waals surface area contributed by atoms with Crippen molar-refractivity contribution < 1.29 is 17.9 Å². The van der Waals surface area contributed by atoms with Crippen molar-refractivity contribution in [1.29, 1.82) is 0 Å². The Balaban J connectivity index is 1.13. The van der Waals surface area contributed by atoms with Crippen molar-refractivity contribution in [2.75, 3.05) is 9.80 Å². The van der Waals surface area contributed by atoms with Gasteiger partial charge in [0.1, 0.15) is 0 Å². The average molecular weight is 579 g/mol. The van der Waals surface area contributed by atoms with Crippen LogP contribution in [0.4, 0.5) is 34.1 Å². The lowest BCUT2D eigenvalue weighted by molar-refractivity contribution is 0.477. The van der Waals surface area contributed by atoms with Crippen LogP contribution in [0.25, 0.3) is 0 Å². The van der Waals surface area contributed by atoms with E-state index in [0.717, 1.165) is 45.6 Å². The van der Waals surface area contributed by atoms with Gasteiger partial charge in [-0.3, -0.25) is 0 Å². The van der Waals surface area contributed by atoms with Crippen LogP contribution >= 0.6 is 0 Å². The summed E-state index contributed by atoms with van der Waals surface area (Å²) in [6, 6.07) is 46.8. The van der Waals surface area contributed by atoms with E-state index in [1.54, 1.807) is 30.3 Å². The number of ether oxygens (including phenoxy) is 2.